The molecule has 7 aromatic carbocycles. The molecule has 0 unspecified atom stereocenters. The van der Waals surface area contributed by atoms with Crippen LogP contribution < -0.4 is 0 Å². The lowest BCUT2D eigenvalue weighted by Gasteiger charge is -2.10. The minimum atomic E-state index is -0.472. The maximum absolute atomic E-state index is 8.76. The van der Waals surface area contributed by atoms with E-state index >= 15 is 0 Å². The number of thiophene rings is 1. The molecular weight excluding hydrogens is 615 g/mol. The molecule has 0 aliphatic heterocycles. The number of aromatic nitrogens is 3. The van der Waals surface area contributed by atoms with Crippen molar-refractivity contribution in [3.05, 3.63) is 176 Å². The van der Waals surface area contributed by atoms with E-state index in [1.54, 1.807) is 11.3 Å². The van der Waals surface area contributed by atoms with Gasteiger partial charge in [0.2, 0.25) is 0 Å². The molecule has 9 aromatic rings. The van der Waals surface area contributed by atoms with Gasteiger partial charge in [0.05, 0.1) is 6.85 Å². The molecule has 0 spiro atoms. The van der Waals surface area contributed by atoms with Crippen LogP contribution in [-0.2, 0) is 0 Å². The quantitative estimate of drug-likeness (QED) is 0.180. The van der Waals surface area contributed by atoms with Crippen molar-refractivity contribution in [3.8, 4) is 67.5 Å². The van der Waals surface area contributed by atoms with Gasteiger partial charge >= 0.3 is 0 Å². The predicted molar refractivity (Wildman–Crippen MR) is 205 cm³/mol. The molecule has 2 heterocycles. The number of rotatable bonds is 6. The van der Waals surface area contributed by atoms with Crippen LogP contribution in [0.2, 0.25) is 0 Å². The summed E-state index contributed by atoms with van der Waals surface area (Å²) in [7, 11) is 0. The van der Waals surface area contributed by atoms with Crippen LogP contribution in [0.1, 0.15) is 6.85 Å². The first-order valence-corrected chi connectivity index (χ1v) is 16.8. The van der Waals surface area contributed by atoms with E-state index < -0.39 is 18.1 Å². The van der Waals surface area contributed by atoms with E-state index in [9.17, 15) is 0 Å². The van der Waals surface area contributed by atoms with E-state index in [2.05, 4.69) is 60.7 Å². The molecule has 0 radical (unpaired) electrons. The minimum absolute atomic E-state index is 0.00914. The monoisotopic (exact) mass is 648 g/mol. The fourth-order valence-electron chi connectivity index (χ4n) is 6.28. The van der Waals surface area contributed by atoms with Gasteiger partial charge < -0.3 is 0 Å². The number of nitrogens with zero attached hydrogens (tertiary/aromatic N) is 3. The zero-order valence-corrected chi connectivity index (χ0v) is 26.9. The second-order valence-corrected chi connectivity index (χ2v) is 12.7. The molecule has 3 nitrogen and oxygen atoms in total. The highest BCUT2D eigenvalue weighted by Crippen LogP contribution is 2.44. The summed E-state index contributed by atoms with van der Waals surface area (Å²) < 4.78 is 44.6. The van der Waals surface area contributed by atoms with Crippen LogP contribution in [0.15, 0.2) is 176 Å². The molecule has 9 rings (SSSR count). The average Bonchev–Trinajstić information content (AvgIpc) is 3.62. The second kappa shape index (κ2) is 12.4. The lowest BCUT2D eigenvalue weighted by Crippen LogP contribution is -2.00. The van der Waals surface area contributed by atoms with Crippen molar-refractivity contribution in [3.63, 3.8) is 0 Å². The molecule has 0 bridgehead atoms. The van der Waals surface area contributed by atoms with E-state index in [1.807, 2.05) is 84.9 Å². The van der Waals surface area contributed by atoms with E-state index in [1.165, 1.54) is 5.56 Å². The molecule has 2 aromatic heterocycles. The van der Waals surface area contributed by atoms with Gasteiger partial charge in [-0.15, -0.1) is 11.3 Å². The van der Waals surface area contributed by atoms with Gasteiger partial charge in [0.25, 0.3) is 0 Å². The van der Waals surface area contributed by atoms with Crippen LogP contribution in [0.25, 0.3) is 87.7 Å². The Labute approximate surface area is 295 Å². The van der Waals surface area contributed by atoms with Gasteiger partial charge in [-0.1, -0.05) is 170 Å². The molecule has 0 fully saturated rings. The van der Waals surface area contributed by atoms with Gasteiger partial charge in [0.1, 0.15) is 0 Å². The average molecular weight is 649 g/mol. The summed E-state index contributed by atoms with van der Waals surface area (Å²) in [4.78, 5) is 14.6. The van der Waals surface area contributed by atoms with E-state index in [0.29, 0.717) is 17.2 Å². The molecule has 230 valence electrons. The Morgan fingerprint density at radius 1 is 0.388 bits per heavy atom. The van der Waals surface area contributed by atoms with Crippen molar-refractivity contribution < 1.29 is 6.85 Å². The molecule has 0 amide bonds. The van der Waals surface area contributed by atoms with Gasteiger partial charge in [-0.3, -0.25) is 0 Å². The maximum Gasteiger partial charge on any atom is 0.164 e. The van der Waals surface area contributed by atoms with Gasteiger partial charge in [0, 0.05) is 36.9 Å². The minimum Gasteiger partial charge on any atom is -0.208 e. The van der Waals surface area contributed by atoms with Crippen LogP contribution >= 0.6 is 11.3 Å². The molecule has 0 aliphatic carbocycles. The topological polar surface area (TPSA) is 38.7 Å². The zero-order valence-electron chi connectivity index (χ0n) is 31.1. The molecule has 49 heavy (non-hydrogen) atoms. The largest absolute Gasteiger partial charge is 0.208 e. The van der Waals surface area contributed by atoms with Gasteiger partial charge in [-0.25, -0.2) is 15.0 Å². The number of benzene rings is 7. The van der Waals surface area contributed by atoms with Crippen molar-refractivity contribution in [2.24, 2.45) is 0 Å². The standard InChI is InChI=1S/C45H29N3S/c1-4-12-30(13-5-1)32-22-26-34(27-23-32)37-18-10-19-38-41-39(20-11-21-40(41)49-42(37)38)45-47-43(35-16-8-3-9-17-35)46-44(48-45)36-28-24-33(25-29-36)31-14-6-2-7-15-31/h1-29H/i3D,8D,9D,16D,17D. The van der Waals surface area contributed by atoms with Gasteiger partial charge in [-0.05, 0) is 39.4 Å². The normalized spacial score (nSPS) is 12.7. The van der Waals surface area contributed by atoms with Crippen molar-refractivity contribution >= 4 is 31.5 Å². The Hall–Kier alpha value is -6.23. The third-order valence-corrected chi connectivity index (χ3v) is 9.88. The Morgan fingerprint density at radius 2 is 0.898 bits per heavy atom. The molecular formula is C45H29N3S. The van der Waals surface area contributed by atoms with Crippen molar-refractivity contribution in [1.82, 2.24) is 15.0 Å². The molecule has 4 heteroatoms. The smallest absolute Gasteiger partial charge is 0.164 e. The summed E-state index contributed by atoms with van der Waals surface area (Å²) in [6, 6.07) is 47.1. The molecule has 0 aliphatic rings. The first kappa shape index (κ1) is 24.0. The molecule has 0 N–H and O–H groups in total. The van der Waals surface area contributed by atoms with E-state index in [0.717, 1.165) is 53.6 Å². The van der Waals surface area contributed by atoms with Crippen molar-refractivity contribution in [2.45, 2.75) is 0 Å². The Balaban J connectivity index is 1.23. The summed E-state index contributed by atoms with van der Waals surface area (Å²) in [5.74, 6) is 0.684. The number of hydrogen-bond donors (Lipinski definition) is 0. The first-order chi connectivity index (χ1) is 26.4. The lowest BCUT2D eigenvalue weighted by molar-refractivity contribution is 1.08. The van der Waals surface area contributed by atoms with Crippen LogP contribution in [0, 0.1) is 0 Å². The number of fused-ring (bicyclic) bond motifs is 3. The van der Waals surface area contributed by atoms with Gasteiger partial charge in [0.15, 0.2) is 17.5 Å². The van der Waals surface area contributed by atoms with Crippen molar-refractivity contribution in [2.75, 3.05) is 0 Å². The summed E-state index contributed by atoms with van der Waals surface area (Å²) in [5, 5.41) is 2.03. The van der Waals surface area contributed by atoms with Crippen LogP contribution in [0.4, 0.5) is 0 Å². The Morgan fingerprint density at radius 3 is 1.55 bits per heavy atom. The van der Waals surface area contributed by atoms with E-state index in [-0.39, 0.29) is 23.5 Å². The first-order valence-electron chi connectivity index (χ1n) is 18.5. The van der Waals surface area contributed by atoms with Crippen LogP contribution in [0.5, 0.6) is 0 Å². The molecule has 0 saturated heterocycles. The van der Waals surface area contributed by atoms with Gasteiger partial charge in [-0.2, -0.15) is 0 Å². The Kier molecular flexibility index (Phi) is 6.08. The predicted octanol–water partition coefficient (Wildman–Crippen LogP) is 12.2. The molecule has 0 saturated carbocycles. The lowest BCUT2D eigenvalue weighted by atomic mass is 9.98. The second-order valence-electron chi connectivity index (χ2n) is 11.7. The third kappa shape index (κ3) is 5.48. The SMILES string of the molecule is [2H]c1c([2H])c([2H])c(-c2nc(-c3ccc(-c4ccccc4)cc3)nc(-c3cccc4sc5c(-c6ccc(-c7ccccc7)cc6)cccc5c34)n2)c([2H])c1[2H]. The summed E-state index contributed by atoms with van der Waals surface area (Å²) in [6.45, 7) is 0. The van der Waals surface area contributed by atoms with Crippen molar-refractivity contribution in [1.29, 1.82) is 0 Å². The maximum atomic E-state index is 8.76. The van der Waals surface area contributed by atoms with E-state index in [4.69, 9.17) is 21.8 Å². The fraction of sp³-hybridized carbons (Fsp3) is 0. The fourth-order valence-corrected chi connectivity index (χ4v) is 7.54. The highest BCUT2D eigenvalue weighted by atomic mass is 32.1. The Bertz CT molecular complexity index is 2830. The number of hydrogen-bond acceptors (Lipinski definition) is 4. The third-order valence-electron chi connectivity index (χ3n) is 8.68. The summed E-state index contributed by atoms with van der Waals surface area (Å²) in [6.07, 6.45) is 0. The summed E-state index contributed by atoms with van der Waals surface area (Å²) >= 11 is 1.70. The van der Waals surface area contributed by atoms with Crippen LogP contribution in [-0.4, -0.2) is 15.0 Å². The molecule has 0 atom stereocenters. The highest BCUT2D eigenvalue weighted by molar-refractivity contribution is 7.26. The highest BCUT2D eigenvalue weighted by Gasteiger charge is 2.18. The summed E-state index contributed by atoms with van der Waals surface area (Å²) in [5.41, 5.74) is 8.04. The van der Waals surface area contributed by atoms with Crippen LogP contribution in [0.3, 0.4) is 0 Å². The zero-order chi connectivity index (χ0) is 36.9.